The summed E-state index contributed by atoms with van der Waals surface area (Å²) in [6, 6.07) is 11.0. The largest absolute Gasteiger partial charge is 0.496 e. The number of rotatable bonds is 4. The molecular weight excluding hydrogens is 392 g/mol. The molecule has 7 nitrogen and oxygen atoms in total. The summed E-state index contributed by atoms with van der Waals surface area (Å²) in [5.41, 5.74) is 1.32. The van der Waals surface area contributed by atoms with Crippen LogP contribution in [0.3, 0.4) is 0 Å². The maximum atomic E-state index is 12.0. The van der Waals surface area contributed by atoms with Crippen LogP contribution < -0.4 is 4.74 Å². The summed E-state index contributed by atoms with van der Waals surface area (Å²) in [4.78, 5) is 26.3. The summed E-state index contributed by atoms with van der Waals surface area (Å²) in [7, 11) is 1.56. The van der Waals surface area contributed by atoms with E-state index in [2.05, 4.69) is 20.9 Å². The van der Waals surface area contributed by atoms with Gasteiger partial charge in [0.05, 0.1) is 16.5 Å². The van der Waals surface area contributed by atoms with E-state index in [0.717, 1.165) is 10.0 Å². The molecule has 25 heavy (non-hydrogen) atoms. The molecular formula is C17H11BrN2O5. The molecule has 0 radical (unpaired) electrons. The lowest BCUT2D eigenvalue weighted by atomic mass is 10.2. The third-order valence-corrected chi connectivity index (χ3v) is 4.04. The van der Waals surface area contributed by atoms with Crippen LogP contribution in [0, 0.1) is 10.1 Å². The van der Waals surface area contributed by atoms with Crippen LogP contribution in [0.5, 0.6) is 5.75 Å². The van der Waals surface area contributed by atoms with Crippen molar-refractivity contribution in [3.05, 3.63) is 73.9 Å². The average Bonchev–Trinajstić information content (AvgIpc) is 2.96. The number of carbonyl (C=O) groups excluding carboxylic acids is 1. The van der Waals surface area contributed by atoms with Crippen LogP contribution in [0.2, 0.25) is 0 Å². The van der Waals surface area contributed by atoms with Crippen LogP contribution in [-0.2, 0) is 9.53 Å². The lowest BCUT2D eigenvalue weighted by molar-refractivity contribution is -0.384. The van der Waals surface area contributed by atoms with Crippen LogP contribution in [0.1, 0.15) is 11.1 Å². The van der Waals surface area contributed by atoms with E-state index in [9.17, 15) is 14.9 Å². The molecule has 8 heteroatoms. The smallest absolute Gasteiger partial charge is 0.363 e. The number of carbonyl (C=O) groups is 1. The van der Waals surface area contributed by atoms with E-state index in [0.29, 0.717) is 11.3 Å². The number of nitro groups is 1. The minimum atomic E-state index is -0.583. The first-order valence-corrected chi connectivity index (χ1v) is 7.88. The second-order valence-electron chi connectivity index (χ2n) is 5.03. The van der Waals surface area contributed by atoms with Gasteiger partial charge in [0.1, 0.15) is 5.75 Å². The molecule has 0 N–H and O–H groups in total. The van der Waals surface area contributed by atoms with Gasteiger partial charge in [-0.2, -0.15) is 0 Å². The molecule has 0 amide bonds. The topological polar surface area (TPSA) is 91.0 Å². The SMILES string of the molecule is COc1ccc(/C=C2\N=C(c3ccc([N+](=O)[O-])cc3)OC2=O)cc1Br. The summed E-state index contributed by atoms with van der Waals surface area (Å²) in [5.74, 6) is 0.199. The quantitative estimate of drug-likeness (QED) is 0.336. The normalized spacial score (nSPS) is 15.0. The molecule has 3 rings (SSSR count). The number of halogens is 1. The molecule has 2 aromatic rings. The fourth-order valence-electron chi connectivity index (χ4n) is 2.19. The molecule has 1 aliphatic heterocycles. The molecule has 1 heterocycles. The van der Waals surface area contributed by atoms with Crippen LogP contribution in [0.15, 0.2) is 57.6 Å². The third kappa shape index (κ3) is 3.58. The molecule has 0 fully saturated rings. The van der Waals surface area contributed by atoms with Gasteiger partial charge in [-0.25, -0.2) is 9.79 Å². The summed E-state index contributed by atoms with van der Waals surface area (Å²) < 4.78 is 11.0. The van der Waals surface area contributed by atoms with Crippen LogP contribution >= 0.6 is 15.9 Å². The molecule has 1 aliphatic rings. The Hall–Kier alpha value is -3.00. The van der Waals surface area contributed by atoms with Gasteiger partial charge in [0.15, 0.2) is 5.70 Å². The fourth-order valence-corrected chi connectivity index (χ4v) is 2.75. The number of ether oxygens (including phenoxy) is 2. The summed E-state index contributed by atoms with van der Waals surface area (Å²) in [6.45, 7) is 0. The van der Waals surface area contributed by atoms with Crippen molar-refractivity contribution in [3.8, 4) is 5.75 Å². The Kier molecular flexibility index (Phi) is 4.62. The van der Waals surface area contributed by atoms with Gasteiger partial charge in [-0.3, -0.25) is 10.1 Å². The minimum absolute atomic E-state index is 0.0486. The highest BCUT2D eigenvalue weighted by molar-refractivity contribution is 9.10. The van der Waals surface area contributed by atoms with E-state index < -0.39 is 10.9 Å². The van der Waals surface area contributed by atoms with Gasteiger partial charge < -0.3 is 9.47 Å². The number of benzene rings is 2. The van der Waals surface area contributed by atoms with Gasteiger partial charge in [0, 0.05) is 17.7 Å². The molecule has 126 valence electrons. The Morgan fingerprint density at radius 1 is 1.24 bits per heavy atom. The molecule has 0 aromatic heterocycles. The van der Waals surface area contributed by atoms with Crippen molar-refractivity contribution in [2.24, 2.45) is 4.99 Å². The van der Waals surface area contributed by atoms with Gasteiger partial charge in [-0.1, -0.05) is 6.07 Å². The maximum Gasteiger partial charge on any atom is 0.363 e. The number of esters is 1. The van der Waals surface area contributed by atoms with Crippen LogP contribution in [0.4, 0.5) is 5.69 Å². The highest BCUT2D eigenvalue weighted by Gasteiger charge is 2.24. The van der Waals surface area contributed by atoms with E-state index >= 15 is 0 Å². The molecule has 0 bridgehead atoms. The van der Waals surface area contributed by atoms with Crippen LogP contribution in [-0.4, -0.2) is 23.9 Å². The van der Waals surface area contributed by atoms with Crippen molar-refractivity contribution >= 4 is 39.6 Å². The fraction of sp³-hybridized carbons (Fsp3) is 0.0588. The van der Waals surface area contributed by atoms with Crippen molar-refractivity contribution < 1.29 is 19.2 Å². The zero-order valence-corrected chi connectivity index (χ0v) is 14.5. The van der Waals surface area contributed by atoms with E-state index in [-0.39, 0.29) is 17.3 Å². The molecule has 0 saturated carbocycles. The number of aliphatic imine (C=N–C) groups is 1. The van der Waals surface area contributed by atoms with Crippen molar-refractivity contribution in [3.63, 3.8) is 0 Å². The highest BCUT2D eigenvalue weighted by Crippen LogP contribution is 2.27. The zero-order valence-electron chi connectivity index (χ0n) is 12.9. The Morgan fingerprint density at radius 2 is 1.96 bits per heavy atom. The second kappa shape index (κ2) is 6.86. The first-order chi connectivity index (χ1) is 12.0. The van der Waals surface area contributed by atoms with E-state index in [1.54, 1.807) is 31.4 Å². The molecule has 0 saturated heterocycles. The molecule has 0 aliphatic carbocycles. The predicted octanol–water partition coefficient (Wildman–Crippen LogP) is 3.71. The molecule has 2 aromatic carbocycles. The van der Waals surface area contributed by atoms with Crippen LogP contribution in [0.25, 0.3) is 6.08 Å². The monoisotopic (exact) mass is 402 g/mol. The summed E-state index contributed by atoms with van der Waals surface area (Å²) >= 11 is 3.38. The minimum Gasteiger partial charge on any atom is -0.496 e. The predicted molar refractivity (Wildman–Crippen MR) is 94.4 cm³/mol. The lowest BCUT2D eigenvalue weighted by Gasteiger charge is -2.03. The Bertz CT molecular complexity index is 919. The third-order valence-electron chi connectivity index (χ3n) is 3.42. The number of cyclic esters (lactones) is 1. The Morgan fingerprint density at radius 3 is 2.56 bits per heavy atom. The Labute approximate surface area is 150 Å². The number of nitrogens with zero attached hydrogens (tertiary/aromatic N) is 2. The van der Waals surface area contributed by atoms with E-state index in [1.807, 2.05) is 0 Å². The number of hydrogen-bond donors (Lipinski definition) is 0. The van der Waals surface area contributed by atoms with E-state index in [1.165, 1.54) is 24.3 Å². The Balaban J connectivity index is 1.89. The maximum absolute atomic E-state index is 12.0. The van der Waals surface area contributed by atoms with Gasteiger partial charge in [0.25, 0.3) is 5.69 Å². The van der Waals surface area contributed by atoms with Gasteiger partial charge in [-0.05, 0) is 51.8 Å². The standard InChI is InChI=1S/C17H11BrN2O5/c1-24-15-7-2-10(8-13(15)18)9-14-17(21)25-16(19-14)11-3-5-12(6-4-11)20(22)23/h2-9H,1H3/b14-9-. The number of methoxy groups -OCH3 is 1. The van der Waals surface area contributed by atoms with Crippen molar-refractivity contribution in [2.45, 2.75) is 0 Å². The van der Waals surface area contributed by atoms with Gasteiger partial charge in [0.2, 0.25) is 5.90 Å². The zero-order chi connectivity index (χ0) is 18.0. The van der Waals surface area contributed by atoms with E-state index in [4.69, 9.17) is 9.47 Å². The second-order valence-corrected chi connectivity index (χ2v) is 5.89. The molecule has 0 atom stereocenters. The molecule has 0 unspecified atom stereocenters. The number of hydrogen-bond acceptors (Lipinski definition) is 6. The number of non-ortho nitro benzene ring substituents is 1. The average molecular weight is 403 g/mol. The lowest BCUT2D eigenvalue weighted by Crippen LogP contribution is -2.05. The number of nitro benzene ring substituents is 1. The highest BCUT2D eigenvalue weighted by atomic mass is 79.9. The van der Waals surface area contributed by atoms with Gasteiger partial charge in [-0.15, -0.1) is 0 Å². The first kappa shape index (κ1) is 16.8. The van der Waals surface area contributed by atoms with Crippen molar-refractivity contribution in [1.82, 2.24) is 0 Å². The first-order valence-electron chi connectivity index (χ1n) is 7.09. The summed E-state index contributed by atoms with van der Waals surface area (Å²) in [5, 5.41) is 10.7. The van der Waals surface area contributed by atoms with Crippen molar-refractivity contribution in [1.29, 1.82) is 0 Å². The van der Waals surface area contributed by atoms with Crippen molar-refractivity contribution in [2.75, 3.05) is 7.11 Å². The summed E-state index contributed by atoms with van der Waals surface area (Å²) in [6.07, 6.45) is 1.59. The molecule has 0 spiro atoms. The van der Waals surface area contributed by atoms with Gasteiger partial charge >= 0.3 is 5.97 Å².